The molecule has 2 nitrogen and oxygen atoms in total. The van der Waals surface area contributed by atoms with Gasteiger partial charge in [0.25, 0.3) is 0 Å². The van der Waals surface area contributed by atoms with Crippen LogP contribution in [0.1, 0.15) is 44.2 Å². The maximum absolute atomic E-state index is 11.1. The number of rotatable bonds is 7. The van der Waals surface area contributed by atoms with Gasteiger partial charge in [-0.3, -0.25) is 4.79 Å². The first-order valence-electron chi connectivity index (χ1n) is 6.80. The quantitative estimate of drug-likeness (QED) is 0.803. The van der Waals surface area contributed by atoms with Gasteiger partial charge >= 0.3 is 0 Å². The topological polar surface area (TPSA) is 43.1 Å². The first-order chi connectivity index (χ1) is 8.49. The monoisotopic (exact) mass is 247 g/mol. The molecule has 2 atom stereocenters. The van der Waals surface area contributed by atoms with E-state index >= 15 is 0 Å². The van der Waals surface area contributed by atoms with Gasteiger partial charge in [-0.2, -0.15) is 0 Å². The SMILES string of the molecule is CC(=O)[C@@H](N)C[C@H](C)CCCc1cccc(C)c1. The smallest absolute Gasteiger partial charge is 0.146 e. The minimum Gasteiger partial charge on any atom is -0.322 e. The van der Waals surface area contributed by atoms with Gasteiger partial charge in [0.05, 0.1) is 6.04 Å². The van der Waals surface area contributed by atoms with Gasteiger partial charge in [-0.1, -0.05) is 43.2 Å². The van der Waals surface area contributed by atoms with Crippen molar-refractivity contribution < 1.29 is 4.79 Å². The van der Waals surface area contributed by atoms with Crippen LogP contribution in [0.15, 0.2) is 24.3 Å². The van der Waals surface area contributed by atoms with E-state index in [4.69, 9.17) is 5.73 Å². The summed E-state index contributed by atoms with van der Waals surface area (Å²) in [5.74, 6) is 0.620. The minimum absolute atomic E-state index is 0.0977. The fourth-order valence-corrected chi connectivity index (χ4v) is 2.24. The highest BCUT2D eigenvalue weighted by atomic mass is 16.1. The molecule has 0 aliphatic heterocycles. The summed E-state index contributed by atoms with van der Waals surface area (Å²) in [6.45, 7) is 5.88. The average molecular weight is 247 g/mol. The van der Waals surface area contributed by atoms with Crippen molar-refractivity contribution in [2.24, 2.45) is 11.7 Å². The summed E-state index contributed by atoms with van der Waals surface area (Å²) in [5, 5.41) is 0. The van der Waals surface area contributed by atoms with E-state index in [0.29, 0.717) is 5.92 Å². The van der Waals surface area contributed by atoms with Crippen LogP contribution in [0.5, 0.6) is 0 Å². The Kier molecular flexibility index (Phi) is 6.06. The Morgan fingerprint density at radius 3 is 2.72 bits per heavy atom. The third kappa shape index (κ3) is 5.46. The van der Waals surface area contributed by atoms with Gasteiger partial charge in [0.1, 0.15) is 5.78 Å². The number of aryl methyl sites for hydroxylation is 2. The lowest BCUT2D eigenvalue weighted by Gasteiger charge is -2.15. The van der Waals surface area contributed by atoms with Crippen LogP contribution in [0.3, 0.4) is 0 Å². The van der Waals surface area contributed by atoms with Crippen molar-refractivity contribution in [3.8, 4) is 0 Å². The van der Waals surface area contributed by atoms with Crippen molar-refractivity contribution in [3.63, 3.8) is 0 Å². The van der Waals surface area contributed by atoms with Crippen LogP contribution in [0.2, 0.25) is 0 Å². The molecule has 0 bridgehead atoms. The molecule has 2 heteroatoms. The van der Waals surface area contributed by atoms with Gasteiger partial charge in [0.2, 0.25) is 0 Å². The largest absolute Gasteiger partial charge is 0.322 e. The Hall–Kier alpha value is -1.15. The highest BCUT2D eigenvalue weighted by Crippen LogP contribution is 2.15. The second-order valence-electron chi connectivity index (χ2n) is 5.44. The molecule has 0 fully saturated rings. The maximum Gasteiger partial charge on any atom is 0.146 e. The van der Waals surface area contributed by atoms with E-state index in [2.05, 4.69) is 38.1 Å². The Morgan fingerprint density at radius 1 is 1.39 bits per heavy atom. The minimum atomic E-state index is -0.279. The van der Waals surface area contributed by atoms with Crippen molar-refractivity contribution in [3.05, 3.63) is 35.4 Å². The zero-order valence-electron chi connectivity index (χ0n) is 11.8. The number of hydrogen-bond donors (Lipinski definition) is 1. The molecule has 0 aliphatic rings. The van der Waals surface area contributed by atoms with E-state index in [1.807, 2.05) is 0 Å². The predicted octanol–water partition coefficient (Wildman–Crippen LogP) is 3.26. The summed E-state index contributed by atoms with van der Waals surface area (Å²) in [6.07, 6.45) is 4.22. The Bertz CT molecular complexity index is 386. The molecule has 0 heterocycles. The van der Waals surface area contributed by atoms with Crippen LogP contribution >= 0.6 is 0 Å². The number of ketones is 1. The lowest BCUT2D eigenvalue weighted by Crippen LogP contribution is -2.30. The molecule has 0 aliphatic carbocycles. The second kappa shape index (κ2) is 7.32. The number of benzene rings is 1. The van der Waals surface area contributed by atoms with Crippen LogP contribution < -0.4 is 5.73 Å². The molecule has 0 aromatic heterocycles. The molecule has 0 saturated heterocycles. The molecule has 1 aromatic rings. The van der Waals surface area contributed by atoms with Crippen molar-refractivity contribution in [1.82, 2.24) is 0 Å². The van der Waals surface area contributed by atoms with E-state index in [0.717, 1.165) is 25.7 Å². The van der Waals surface area contributed by atoms with Gasteiger partial charge in [-0.25, -0.2) is 0 Å². The van der Waals surface area contributed by atoms with Gasteiger partial charge in [0.15, 0.2) is 0 Å². The number of nitrogens with two attached hydrogens (primary N) is 1. The van der Waals surface area contributed by atoms with Gasteiger partial charge in [-0.15, -0.1) is 0 Å². The summed E-state index contributed by atoms with van der Waals surface area (Å²) in [6, 6.07) is 8.38. The lowest BCUT2D eigenvalue weighted by atomic mass is 9.94. The van der Waals surface area contributed by atoms with Crippen LogP contribution in [0, 0.1) is 12.8 Å². The summed E-state index contributed by atoms with van der Waals surface area (Å²) >= 11 is 0. The van der Waals surface area contributed by atoms with Crippen molar-refractivity contribution in [1.29, 1.82) is 0 Å². The molecule has 1 rings (SSSR count). The van der Waals surface area contributed by atoms with Crippen molar-refractivity contribution in [2.45, 2.75) is 52.5 Å². The van der Waals surface area contributed by atoms with Crippen LogP contribution in [-0.2, 0) is 11.2 Å². The molecular weight excluding hydrogens is 222 g/mol. The molecular formula is C16H25NO. The van der Waals surface area contributed by atoms with Gasteiger partial charge < -0.3 is 5.73 Å². The van der Waals surface area contributed by atoms with Crippen LogP contribution in [-0.4, -0.2) is 11.8 Å². The molecule has 2 N–H and O–H groups in total. The normalized spacial score (nSPS) is 14.2. The fourth-order valence-electron chi connectivity index (χ4n) is 2.24. The molecule has 1 aromatic carbocycles. The zero-order valence-corrected chi connectivity index (χ0v) is 11.8. The predicted molar refractivity (Wildman–Crippen MR) is 76.6 cm³/mol. The number of hydrogen-bond acceptors (Lipinski definition) is 2. The van der Waals surface area contributed by atoms with E-state index in [-0.39, 0.29) is 11.8 Å². The third-order valence-electron chi connectivity index (χ3n) is 3.42. The molecule has 100 valence electrons. The van der Waals surface area contributed by atoms with Gasteiger partial charge in [-0.05, 0) is 44.6 Å². The number of carbonyl (C=O) groups excluding carboxylic acids is 1. The van der Waals surface area contributed by atoms with E-state index in [1.54, 1.807) is 6.92 Å². The average Bonchev–Trinajstić information content (AvgIpc) is 2.28. The molecule has 0 spiro atoms. The Morgan fingerprint density at radius 2 is 2.11 bits per heavy atom. The van der Waals surface area contributed by atoms with Crippen LogP contribution in [0.25, 0.3) is 0 Å². The van der Waals surface area contributed by atoms with Crippen molar-refractivity contribution in [2.75, 3.05) is 0 Å². The first-order valence-corrected chi connectivity index (χ1v) is 6.80. The lowest BCUT2D eigenvalue weighted by molar-refractivity contribution is -0.118. The van der Waals surface area contributed by atoms with E-state index in [9.17, 15) is 4.79 Å². The Balaban J connectivity index is 2.27. The highest BCUT2D eigenvalue weighted by Gasteiger charge is 2.12. The maximum atomic E-state index is 11.1. The zero-order chi connectivity index (χ0) is 13.5. The van der Waals surface area contributed by atoms with Crippen LogP contribution in [0.4, 0.5) is 0 Å². The third-order valence-corrected chi connectivity index (χ3v) is 3.42. The molecule has 0 radical (unpaired) electrons. The molecule has 0 unspecified atom stereocenters. The highest BCUT2D eigenvalue weighted by molar-refractivity contribution is 5.81. The summed E-state index contributed by atoms with van der Waals surface area (Å²) < 4.78 is 0. The second-order valence-corrected chi connectivity index (χ2v) is 5.44. The summed E-state index contributed by atoms with van der Waals surface area (Å²) in [5.41, 5.74) is 8.49. The van der Waals surface area contributed by atoms with Gasteiger partial charge in [0, 0.05) is 0 Å². The molecule has 18 heavy (non-hydrogen) atoms. The first kappa shape index (κ1) is 14.9. The van der Waals surface area contributed by atoms with E-state index in [1.165, 1.54) is 11.1 Å². The Labute approximate surface area is 111 Å². The summed E-state index contributed by atoms with van der Waals surface area (Å²) in [7, 11) is 0. The molecule has 0 saturated carbocycles. The molecule has 0 amide bonds. The fraction of sp³-hybridized carbons (Fsp3) is 0.562. The van der Waals surface area contributed by atoms with E-state index < -0.39 is 0 Å². The standard InChI is InChI=1S/C16H25NO/c1-12-6-4-8-15(10-12)9-5-7-13(2)11-16(17)14(3)18/h4,6,8,10,13,16H,5,7,9,11,17H2,1-3H3/t13-,16+/m1/s1. The number of Topliss-reactive ketones (excluding diaryl/α,β-unsaturated/α-hetero) is 1. The van der Waals surface area contributed by atoms with Crippen molar-refractivity contribution >= 4 is 5.78 Å². The summed E-state index contributed by atoms with van der Waals surface area (Å²) in [4.78, 5) is 11.1. The number of carbonyl (C=O) groups is 1.